The molecule has 20 heavy (non-hydrogen) atoms. The summed E-state index contributed by atoms with van der Waals surface area (Å²) in [5.41, 5.74) is -0.0238. The van der Waals surface area contributed by atoms with Crippen molar-refractivity contribution in [3.63, 3.8) is 0 Å². The molecule has 0 aliphatic heterocycles. The van der Waals surface area contributed by atoms with Gasteiger partial charge >= 0.3 is 5.97 Å². The Kier molecular flexibility index (Phi) is 4.38. The first-order chi connectivity index (χ1) is 9.48. The lowest BCUT2D eigenvalue weighted by Crippen LogP contribution is -2.43. The summed E-state index contributed by atoms with van der Waals surface area (Å²) in [5.74, 6) is -0.978. The first-order valence-corrected chi connectivity index (χ1v) is 7.85. The van der Waals surface area contributed by atoms with Gasteiger partial charge in [0.05, 0.1) is 5.41 Å². The molecule has 1 amide bonds. The fourth-order valence-electron chi connectivity index (χ4n) is 2.44. The van der Waals surface area contributed by atoms with E-state index in [1.807, 2.05) is 30.5 Å². The van der Waals surface area contributed by atoms with E-state index in [1.54, 1.807) is 23.7 Å². The number of carboxylic acid groups (broad SMARTS) is 1. The quantitative estimate of drug-likeness (QED) is 0.848. The van der Waals surface area contributed by atoms with Gasteiger partial charge in [-0.05, 0) is 37.3 Å². The van der Waals surface area contributed by atoms with Crippen LogP contribution < -0.4 is 4.90 Å². The van der Waals surface area contributed by atoms with Gasteiger partial charge in [-0.3, -0.25) is 9.59 Å². The fraction of sp³-hybridized carbons (Fsp3) is 0.467. The zero-order valence-corrected chi connectivity index (χ0v) is 12.6. The number of nitrogens with zero attached hydrogens (tertiary/aromatic N) is 1. The number of carbonyl (C=O) groups is 2. The molecule has 0 spiro atoms. The van der Waals surface area contributed by atoms with Gasteiger partial charge in [-0.1, -0.05) is 12.5 Å². The maximum absolute atomic E-state index is 12.3. The summed E-state index contributed by atoms with van der Waals surface area (Å²) in [4.78, 5) is 26.3. The highest BCUT2D eigenvalue weighted by Crippen LogP contribution is 2.44. The van der Waals surface area contributed by atoms with Crippen LogP contribution in [0.2, 0.25) is 0 Å². The first-order valence-electron chi connectivity index (χ1n) is 6.62. The number of hydrogen-bond donors (Lipinski definition) is 1. The zero-order chi connectivity index (χ0) is 14.8. The SMILES string of the molecule is CSc1cccc(N(C)C(=O)CC2(C(=O)O)CCC2)c1. The van der Waals surface area contributed by atoms with Crippen molar-refractivity contribution in [2.45, 2.75) is 30.6 Å². The molecule has 0 aromatic heterocycles. The molecule has 1 aromatic rings. The van der Waals surface area contributed by atoms with Crippen molar-refractivity contribution in [1.82, 2.24) is 0 Å². The van der Waals surface area contributed by atoms with Crippen molar-refractivity contribution >= 4 is 29.3 Å². The van der Waals surface area contributed by atoms with Crippen molar-refractivity contribution in [2.75, 3.05) is 18.2 Å². The lowest BCUT2D eigenvalue weighted by Gasteiger charge is -2.38. The van der Waals surface area contributed by atoms with Gasteiger partial charge in [-0.25, -0.2) is 0 Å². The van der Waals surface area contributed by atoms with E-state index in [0.717, 1.165) is 17.0 Å². The number of thioether (sulfide) groups is 1. The van der Waals surface area contributed by atoms with Crippen molar-refractivity contribution in [3.05, 3.63) is 24.3 Å². The molecule has 0 saturated heterocycles. The Bertz CT molecular complexity index is 526. The van der Waals surface area contributed by atoms with Crippen LogP contribution in [-0.4, -0.2) is 30.3 Å². The predicted molar refractivity (Wildman–Crippen MR) is 80.2 cm³/mol. The van der Waals surface area contributed by atoms with Gasteiger partial charge in [-0.2, -0.15) is 0 Å². The second kappa shape index (κ2) is 5.87. The maximum atomic E-state index is 12.3. The highest BCUT2D eigenvalue weighted by molar-refractivity contribution is 7.98. The van der Waals surface area contributed by atoms with Crippen molar-refractivity contribution in [2.24, 2.45) is 5.41 Å². The Balaban J connectivity index is 2.10. The number of aliphatic carboxylic acids is 1. The Morgan fingerprint density at radius 1 is 1.40 bits per heavy atom. The van der Waals surface area contributed by atoms with Crippen LogP contribution in [0.5, 0.6) is 0 Å². The molecule has 4 nitrogen and oxygen atoms in total. The summed E-state index contributed by atoms with van der Waals surface area (Å²) in [7, 11) is 1.70. The standard InChI is InChI=1S/C15H19NO3S/c1-16(11-5-3-6-12(9-11)20-2)13(17)10-15(14(18)19)7-4-8-15/h3,5-6,9H,4,7-8,10H2,1-2H3,(H,18,19). The summed E-state index contributed by atoms with van der Waals surface area (Å²) in [6.07, 6.45) is 4.17. The van der Waals surface area contributed by atoms with Gasteiger partial charge in [0.25, 0.3) is 0 Å². The van der Waals surface area contributed by atoms with Crippen molar-refractivity contribution < 1.29 is 14.7 Å². The van der Waals surface area contributed by atoms with Crippen LogP contribution >= 0.6 is 11.8 Å². The number of carboxylic acids is 1. The molecule has 1 aliphatic rings. The lowest BCUT2D eigenvalue weighted by atomic mass is 9.66. The van der Waals surface area contributed by atoms with Crippen molar-refractivity contribution in [3.8, 4) is 0 Å². The average Bonchev–Trinajstić information content (AvgIpc) is 2.41. The van der Waals surface area contributed by atoms with E-state index in [0.29, 0.717) is 12.8 Å². The minimum Gasteiger partial charge on any atom is -0.481 e. The van der Waals surface area contributed by atoms with E-state index >= 15 is 0 Å². The summed E-state index contributed by atoms with van der Waals surface area (Å²) in [6, 6.07) is 7.70. The molecule has 0 atom stereocenters. The Hall–Kier alpha value is -1.49. The molecule has 1 N–H and O–H groups in total. The minimum atomic E-state index is -0.844. The summed E-state index contributed by atoms with van der Waals surface area (Å²) < 4.78 is 0. The third-order valence-electron chi connectivity index (χ3n) is 4.07. The second-order valence-electron chi connectivity index (χ2n) is 5.27. The highest BCUT2D eigenvalue weighted by atomic mass is 32.2. The van der Waals surface area contributed by atoms with Crippen LogP contribution in [0.25, 0.3) is 0 Å². The molecule has 2 rings (SSSR count). The number of anilines is 1. The number of hydrogen-bond acceptors (Lipinski definition) is 3. The Morgan fingerprint density at radius 2 is 2.10 bits per heavy atom. The summed E-state index contributed by atoms with van der Waals surface area (Å²) in [6.45, 7) is 0. The van der Waals surface area contributed by atoms with Crippen LogP contribution in [-0.2, 0) is 9.59 Å². The Labute approximate surface area is 123 Å². The van der Waals surface area contributed by atoms with Crippen LogP contribution in [0.3, 0.4) is 0 Å². The van der Waals surface area contributed by atoms with Gasteiger partial charge in [0, 0.05) is 24.1 Å². The maximum Gasteiger partial charge on any atom is 0.310 e. The summed E-state index contributed by atoms with van der Waals surface area (Å²) in [5, 5.41) is 9.29. The molecular formula is C15H19NO3S. The topological polar surface area (TPSA) is 57.6 Å². The van der Waals surface area contributed by atoms with Crippen LogP contribution in [0.1, 0.15) is 25.7 Å². The van der Waals surface area contributed by atoms with E-state index in [2.05, 4.69) is 0 Å². The molecule has 0 unspecified atom stereocenters. The smallest absolute Gasteiger partial charge is 0.310 e. The fourth-order valence-corrected chi connectivity index (χ4v) is 2.89. The Morgan fingerprint density at radius 3 is 2.60 bits per heavy atom. The van der Waals surface area contributed by atoms with E-state index in [4.69, 9.17) is 0 Å². The van der Waals surface area contributed by atoms with Gasteiger partial charge in [0.1, 0.15) is 0 Å². The average molecular weight is 293 g/mol. The van der Waals surface area contributed by atoms with Gasteiger partial charge in [0.2, 0.25) is 5.91 Å². The molecule has 0 heterocycles. The molecule has 1 aromatic carbocycles. The molecule has 1 saturated carbocycles. The van der Waals surface area contributed by atoms with Gasteiger partial charge in [0.15, 0.2) is 0 Å². The van der Waals surface area contributed by atoms with Crippen LogP contribution in [0.4, 0.5) is 5.69 Å². The molecule has 0 radical (unpaired) electrons. The lowest BCUT2D eigenvalue weighted by molar-refractivity contribution is -0.157. The largest absolute Gasteiger partial charge is 0.481 e. The van der Waals surface area contributed by atoms with E-state index in [1.165, 1.54) is 0 Å². The van der Waals surface area contributed by atoms with Crippen molar-refractivity contribution in [1.29, 1.82) is 0 Å². The van der Waals surface area contributed by atoms with E-state index in [9.17, 15) is 14.7 Å². The number of carbonyl (C=O) groups excluding carboxylic acids is 1. The molecule has 1 fully saturated rings. The van der Waals surface area contributed by atoms with Crippen LogP contribution in [0, 0.1) is 5.41 Å². The number of rotatable bonds is 5. The number of amides is 1. The zero-order valence-electron chi connectivity index (χ0n) is 11.8. The van der Waals surface area contributed by atoms with E-state index < -0.39 is 11.4 Å². The van der Waals surface area contributed by atoms with Crippen LogP contribution in [0.15, 0.2) is 29.2 Å². The molecule has 5 heteroatoms. The van der Waals surface area contributed by atoms with Gasteiger partial charge in [-0.15, -0.1) is 11.8 Å². The molecule has 108 valence electrons. The van der Waals surface area contributed by atoms with E-state index in [-0.39, 0.29) is 12.3 Å². The summed E-state index contributed by atoms with van der Waals surface area (Å²) >= 11 is 1.61. The molecular weight excluding hydrogens is 274 g/mol. The minimum absolute atomic E-state index is 0.0856. The molecule has 0 bridgehead atoms. The highest BCUT2D eigenvalue weighted by Gasteiger charge is 2.46. The van der Waals surface area contributed by atoms with Gasteiger partial charge < -0.3 is 10.0 Å². The monoisotopic (exact) mass is 293 g/mol. The third kappa shape index (κ3) is 2.82. The predicted octanol–water partition coefficient (Wildman–Crippen LogP) is 3.02. The third-order valence-corrected chi connectivity index (χ3v) is 4.79. The normalized spacial score (nSPS) is 16.3. The molecule has 1 aliphatic carbocycles. The second-order valence-corrected chi connectivity index (χ2v) is 6.15. The number of benzene rings is 1. The first kappa shape index (κ1) is 14.9.